The van der Waals surface area contributed by atoms with Gasteiger partial charge in [0.05, 0.1) is 11.7 Å². The van der Waals surface area contributed by atoms with E-state index < -0.39 is 0 Å². The lowest BCUT2D eigenvalue weighted by atomic mass is 9.94. The molecule has 2 aromatic heterocycles. The summed E-state index contributed by atoms with van der Waals surface area (Å²) in [5, 5.41) is 3.39. The monoisotopic (exact) mass is 431 g/mol. The second kappa shape index (κ2) is 10.3. The highest BCUT2D eigenvalue weighted by molar-refractivity contribution is 5.78. The van der Waals surface area contributed by atoms with Crippen molar-refractivity contribution in [1.29, 1.82) is 0 Å². The van der Waals surface area contributed by atoms with E-state index >= 15 is 0 Å². The molecular weight excluding hydrogens is 402 g/mol. The number of aryl methyl sites for hydroxylation is 1. The predicted molar refractivity (Wildman–Crippen MR) is 124 cm³/mol. The molecule has 0 spiro atoms. The van der Waals surface area contributed by atoms with E-state index in [0.717, 1.165) is 48.4 Å². The van der Waals surface area contributed by atoms with E-state index in [4.69, 9.17) is 9.72 Å². The zero-order valence-electron chi connectivity index (χ0n) is 18.6. The van der Waals surface area contributed by atoms with Crippen LogP contribution in [0.5, 0.6) is 0 Å². The molecule has 1 N–H and O–H groups in total. The molecule has 1 fully saturated rings. The van der Waals surface area contributed by atoms with E-state index in [-0.39, 0.29) is 18.6 Å². The van der Waals surface area contributed by atoms with Crippen molar-refractivity contribution in [2.75, 3.05) is 25.6 Å². The Bertz CT molecular complexity index is 1060. The molecule has 1 atom stereocenters. The molecule has 0 bridgehead atoms. The van der Waals surface area contributed by atoms with Gasteiger partial charge in [-0.1, -0.05) is 30.3 Å². The summed E-state index contributed by atoms with van der Waals surface area (Å²) < 4.78 is 5.12. The molecule has 7 nitrogen and oxygen atoms in total. The summed E-state index contributed by atoms with van der Waals surface area (Å²) in [6, 6.07) is 14.1. The number of anilines is 1. The van der Waals surface area contributed by atoms with Gasteiger partial charge in [0, 0.05) is 38.2 Å². The van der Waals surface area contributed by atoms with Gasteiger partial charge < -0.3 is 15.0 Å². The van der Waals surface area contributed by atoms with E-state index in [1.165, 1.54) is 5.56 Å². The Hall–Kier alpha value is -3.32. The van der Waals surface area contributed by atoms with E-state index in [1.807, 2.05) is 48.4 Å². The number of nitrogens with one attached hydrogen (secondary N) is 1. The number of piperidine rings is 1. The van der Waals surface area contributed by atoms with Crippen LogP contribution in [0.1, 0.15) is 42.4 Å². The quantitative estimate of drug-likeness (QED) is 0.605. The van der Waals surface area contributed by atoms with Crippen molar-refractivity contribution in [3.05, 3.63) is 71.9 Å². The molecule has 4 rings (SSSR count). The van der Waals surface area contributed by atoms with Gasteiger partial charge in [-0.05, 0) is 49.4 Å². The van der Waals surface area contributed by atoms with Crippen LogP contribution >= 0.6 is 0 Å². The number of hydrogen-bond acceptors (Lipinski definition) is 6. The van der Waals surface area contributed by atoms with Crippen molar-refractivity contribution in [1.82, 2.24) is 19.9 Å². The first-order chi connectivity index (χ1) is 15.7. The fourth-order valence-electron chi connectivity index (χ4n) is 4.17. The maximum absolute atomic E-state index is 12.7. The molecule has 166 valence electrons. The van der Waals surface area contributed by atoms with Gasteiger partial charge in [-0.3, -0.25) is 4.79 Å². The largest absolute Gasteiger partial charge is 0.375 e. The molecule has 1 amide bonds. The summed E-state index contributed by atoms with van der Waals surface area (Å²) in [6.45, 7) is 3.38. The number of nitrogens with zero attached hydrogens (tertiary/aromatic N) is 4. The van der Waals surface area contributed by atoms with E-state index in [9.17, 15) is 4.79 Å². The number of aromatic nitrogens is 3. The van der Waals surface area contributed by atoms with Crippen LogP contribution in [0.3, 0.4) is 0 Å². The lowest BCUT2D eigenvalue weighted by Gasteiger charge is -2.36. The molecule has 0 aliphatic carbocycles. The minimum atomic E-state index is -0.0861. The van der Waals surface area contributed by atoms with Crippen LogP contribution in [0.2, 0.25) is 0 Å². The summed E-state index contributed by atoms with van der Waals surface area (Å²) in [7, 11) is 1.55. The number of benzene rings is 1. The smallest absolute Gasteiger partial charge is 0.249 e. The highest BCUT2D eigenvalue weighted by Gasteiger charge is 2.31. The van der Waals surface area contributed by atoms with Crippen molar-refractivity contribution >= 4 is 11.7 Å². The molecule has 1 aliphatic heterocycles. The van der Waals surface area contributed by atoms with Gasteiger partial charge in [-0.25, -0.2) is 15.0 Å². The van der Waals surface area contributed by atoms with Gasteiger partial charge in [-0.2, -0.15) is 0 Å². The fraction of sp³-hybridized carbons (Fsp3) is 0.360. The van der Waals surface area contributed by atoms with Gasteiger partial charge in [0.1, 0.15) is 18.2 Å². The summed E-state index contributed by atoms with van der Waals surface area (Å²) in [5.74, 6) is 1.48. The maximum Gasteiger partial charge on any atom is 0.249 e. The van der Waals surface area contributed by atoms with Crippen LogP contribution in [0.25, 0.3) is 11.1 Å². The molecule has 32 heavy (non-hydrogen) atoms. The summed E-state index contributed by atoms with van der Waals surface area (Å²) in [4.78, 5) is 28.4. The number of carbonyl (C=O) groups is 1. The lowest BCUT2D eigenvalue weighted by Crippen LogP contribution is -2.41. The first-order valence-corrected chi connectivity index (χ1v) is 11.0. The SMILES string of the molecule is COCC(=O)N1CCCCC1c1nc(C)ncc1-c1ccnc(NCc2ccccc2)c1. The molecule has 7 heteroatoms. The Morgan fingerprint density at radius 3 is 2.84 bits per heavy atom. The molecule has 1 aromatic carbocycles. The van der Waals surface area contributed by atoms with Crippen LogP contribution in [0, 0.1) is 6.92 Å². The van der Waals surface area contributed by atoms with Crippen molar-refractivity contribution in [2.24, 2.45) is 0 Å². The molecule has 3 aromatic rings. The fourth-order valence-corrected chi connectivity index (χ4v) is 4.17. The first kappa shape index (κ1) is 21.9. The Morgan fingerprint density at radius 2 is 2.03 bits per heavy atom. The van der Waals surface area contributed by atoms with Crippen LogP contribution in [0.4, 0.5) is 5.82 Å². The van der Waals surface area contributed by atoms with Crippen LogP contribution in [0.15, 0.2) is 54.9 Å². The summed E-state index contributed by atoms with van der Waals surface area (Å²) >= 11 is 0. The number of ether oxygens (including phenoxy) is 1. The second-order valence-electron chi connectivity index (χ2n) is 8.02. The number of likely N-dealkylation sites (tertiary alicyclic amines) is 1. The third-order valence-electron chi connectivity index (χ3n) is 5.73. The maximum atomic E-state index is 12.7. The topological polar surface area (TPSA) is 80.2 Å². The third-order valence-corrected chi connectivity index (χ3v) is 5.73. The summed E-state index contributed by atoms with van der Waals surface area (Å²) in [6.07, 6.45) is 6.59. The van der Waals surface area contributed by atoms with Crippen LogP contribution in [-0.2, 0) is 16.1 Å². The predicted octanol–water partition coefficient (Wildman–Crippen LogP) is 4.16. The van der Waals surface area contributed by atoms with Crippen molar-refractivity contribution in [2.45, 2.75) is 38.8 Å². The standard InChI is InChI=1S/C25H29N5O2/c1-18-27-16-21(25(29-18)22-10-6-7-13-30(22)24(31)17-32-2)20-11-12-26-23(14-20)28-15-19-8-4-3-5-9-19/h3-5,8-9,11-12,14,16,22H,6-7,10,13,15,17H2,1-2H3,(H,26,28). The Balaban J connectivity index is 1.64. The molecule has 1 unspecified atom stereocenters. The van der Waals surface area contributed by atoms with Gasteiger partial charge >= 0.3 is 0 Å². The number of hydrogen-bond donors (Lipinski definition) is 1. The normalized spacial score (nSPS) is 16.1. The number of carbonyl (C=O) groups excluding carboxylic acids is 1. The van der Waals surface area contributed by atoms with Gasteiger partial charge in [0.25, 0.3) is 0 Å². The molecule has 3 heterocycles. The third kappa shape index (κ3) is 5.11. The van der Waals surface area contributed by atoms with Gasteiger partial charge in [-0.15, -0.1) is 0 Å². The number of pyridine rings is 1. The second-order valence-corrected chi connectivity index (χ2v) is 8.02. The van der Waals surface area contributed by atoms with E-state index in [1.54, 1.807) is 13.3 Å². The molecule has 1 aliphatic rings. The van der Waals surface area contributed by atoms with Crippen molar-refractivity contribution < 1.29 is 9.53 Å². The Labute approximate surface area is 188 Å². The van der Waals surface area contributed by atoms with Crippen LogP contribution in [-0.4, -0.2) is 46.0 Å². The molecular formula is C25H29N5O2. The number of amides is 1. The first-order valence-electron chi connectivity index (χ1n) is 11.0. The zero-order valence-corrected chi connectivity index (χ0v) is 18.6. The highest BCUT2D eigenvalue weighted by atomic mass is 16.5. The molecule has 1 saturated heterocycles. The molecule has 0 saturated carbocycles. The molecule has 0 radical (unpaired) electrons. The van der Waals surface area contributed by atoms with Crippen LogP contribution < -0.4 is 5.32 Å². The minimum Gasteiger partial charge on any atom is -0.375 e. The van der Waals surface area contributed by atoms with Crippen molar-refractivity contribution in [3.63, 3.8) is 0 Å². The average Bonchev–Trinajstić information content (AvgIpc) is 2.84. The zero-order chi connectivity index (χ0) is 22.3. The Morgan fingerprint density at radius 1 is 1.19 bits per heavy atom. The Kier molecular flexibility index (Phi) is 7.07. The minimum absolute atomic E-state index is 0.000592. The lowest BCUT2D eigenvalue weighted by molar-refractivity contribution is -0.139. The van der Waals surface area contributed by atoms with E-state index in [2.05, 4.69) is 27.4 Å². The van der Waals surface area contributed by atoms with Gasteiger partial charge in [0.15, 0.2) is 0 Å². The highest BCUT2D eigenvalue weighted by Crippen LogP contribution is 2.36. The summed E-state index contributed by atoms with van der Waals surface area (Å²) in [5.41, 5.74) is 3.99. The number of methoxy groups -OCH3 is 1. The van der Waals surface area contributed by atoms with E-state index in [0.29, 0.717) is 12.4 Å². The average molecular weight is 432 g/mol. The van der Waals surface area contributed by atoms with Crippen molar-refractivity contribution in [3.8, 4) is 11.1 Å². The van der Waals surface area contributed by atoms with Gasteiger partial charge in [0.2, 0.25) is 5.91 Å². The number of rotatable bonds is 7.